The topological polar surface area (TPSA) is 122 Å². The van der Waals surface area contributed by atoms with Crippen molar-refractivity contribution in [2.45, 2.75) is 12.0 Å². The number of likely N-dealkylation sites (tertiary alicyclic amines) is 1. The SMILES string of the molecule is CN1CC[C@](O)(c2cncc(-c3csc(-c4ccnc(Nc5cnn(C)c5)n4)n3)c2)C1=O. The molecule has 32 heavy (non-hydrogen) atoms. The molecule has 5 rings (SSSR count). The van der Waals surface area contributed by atoms with Gasteiger partial charge in [0.25, 0.3) is 5.91 Å². The van der Waals surface area contributed by atoms with Crippen LogP contribution in [-0.2, 0) is 17.4 Å². The Hall–Kier alpha value is -3.70. The van der Waals surface area contributed by atoms with E-state index in [-0.39, 0.29) is 5.91 Å². The number of rotatable bonds is 5. The van der Waals surface area contributed by atoms with Gasteiger partial charge in [-0.2, -0.15) is 5.10 Å². The van der Waals surface area contributed by atoms with Crippen LogP contribution in [0.4, 0.5) is 11.6 Å². The second-order valence-corrected chi connectivity index (χ2v) is 8.49. The number of nitrogens with zero attached hydrogens (tertiary/aromatic N) is 7. The molecule has 0 saturated carbocycles. The Labute approximate surface area is 187 Å². The van der Waals surface area contributed by atoms with Gasteiger partial charge in [-0.1, -0.05) is 0 Å². The Morgan fingerprint density at radius 2 is 2.06 bits per heavy atom. The van der Waals surface area contributed by atoms with Crippen LogP contribution < -0.4 is 5.32 Å². The molecule has 0 radical (unpaired) electrons. The minimum Gasteiger partial charge on any atom is -0.375 e. The standard InChI is InChI=1S/C21H20N8O2S/c1-28-6-4-21(31,19(28)30)14-7-13(8-22-9-14)17-12-32-18(26-17)16-3-5-23-20(27-16)25-15-10-24-29(2)11-15/h3,5,7-12,31H,4,6H2,1-2H3,(H,23,25,27)/t21-/m0/s1. The lowest BCUT2D eigenvalue weighted by Gasteiger charge is -2.21. The van der Waals surface area contributed by atoms with Crippen LogP contribution in [0.5, 0.6) is 0 Å². The maximum absolute atomic E-state index is 12.4. The van der Waals surface area contributed by atoms with E-state index in [1.165, 1.54) is 22.4 Å². The number of thiazole rings is 1. The van der Waals surface area contributed by atoms with E-state index in [0.717, 1.165) is 16.3 Å². The molecule has 0 aromatic carbocycles. The molecule has 10 nitrogen and oxygen atoms in total. The fraction of sp³-hybridized carbons (Fsp3) is 0.238. The van der Waals surface area contributed by atoms with E-state index < -0.39 is 5.60 Å². The van der Waals surface area contributed by atoms with Crippen molar-refractivity contribution < 1.29 is 9.90 Å². The Morgan fingerprint density at radius 3 is 2.81 bits per heavy atom. The lowest BCUT2D eigenvalue weighted by atomic mass is 9.92. The van der Waals surface area contributed by atoms with Crippen molar-refractivity contribution >= 4 is 28.9 Å². The van der Waals surface area contributed by atoms with E-state index in [1.807, 2.05) is 18.6 Å². The summed E-state index contributed by atoms with van der Waals surface area (Å²) in [6.07, 6.45) is 8.74. The molecule has 0 spiro atoms. The first-order valence-corrected chi connectivity index (χ1v) is 10.8. The van der Waals surface area contributed by atoms with E-state index in [1.54, 1.807) is 42.5 Å². The molecular formula is C21H20N8O2S. The van der Waals surface area contributed by atoms with Crippen molar-refractivity contribution in [2.75, 3.05) is 18.9 Å². The molecule has 1 atom stereocenters. The monoisotopic (exact) mass is 448 g/mol. The minimum absolute atomic E-state index is 0.315. The van der Waals surface area contributed by atoms with Gasteiger partial charge >= 0.3 is 0 Å². The summed E-state index contributed by atoms with van der Waals surface area (Å²) in [6.45, 7) is 0.504. The number of aryl methyl sites for hydroxylation is 1. The molecule has 11 heteroatoms. The van der Waals surface area contributed by atoms with Gasteiger partial charge in [-0.15, -0.1) is 11.3 Å². The minimum atomic E-state index is -1.55. The lowest BCUT2D eigenvalue weighted by molar-refractivity contribution is -0.143. The molecule has 0 aliphatic carbocycles. The number of hydrogen-bond donors (Lipinski definition) is 2. The van der Waals surface area contributed by atoms with Crippen molar-refractivity contribution in [3.63, 3.8) is 0 Å². The molecule has 1 fully saturated rings. The Kier molecular flexibility index (Phi) is 4.91. The molecule has 5 heterocycles. The second kappa shape index (κ2) is 7.77. The summed E-state index contributed by atoms with van der Waals surface area (Å²) >= 11 is 1.44. The van der Waals surface area contributed by atoms with Crippen molar-refractivity contribution in [2.24, 2.45) is 7.05 Å². The van der Waals surface area contributed by atoms with E-state index in [0.29, 0.717) is 35.9 Å². The highest BCUT2D eigenvalue weighted by Crippen LogP contribution is 2.35. The van der Waals surface area contributed by atoms with Crippen LogP contribution in [0.2, 0.25) is 0 Å². The van der Waals surface area contributed by atoms with Crippen LogP contribution >= 0.6 is 11.3 Å². The van der Waals surface area contributed by atoms with Gasteiger partial charge < -0.3 is 15.3 Å². The number of aromatic nitrogens is 6. The number of amides is 1. The maximum Gasteiger partial charge on any atom is 0.259 e. The molecule has 162 valence electrons. The van der Waals surface area contributed by atoms with Crippen LogP contribution in [-0.4, -0.2) is 59.2 Å². The molecule has 0 bridgehead atoms. The van der Waals surface area contributed by atoms with Crippen LogP contribution in [0, 0.1) is 0 Å². The third-order valence-electron chi connectivity index (χ3n) is 5.36. The number of pyridine rings is 1. The van der Waals surface area contributed by atoms with E-state index in [9.17, 15) is 9.90 Å². The van der Waals surface area contributed by atoms with Gasteiger partial charge in [0, 0.05) is 68.4 Å². The van der Waals surface area contributed by atoms with Gasteiger partial charge in [0.05, 0.1) is 17.6 Å². The van der Waals surface area contributed by atoms with Crippen molar-refractivity contribution in [3.05, 3.63) is 54.1 Å². The Morgan fingerprint density at radius 1 is 1.19 bits per heavy atom. The van der Waals surface area contributed by atoms with Crippen LogP contribution in [0.25, 0.3) is 22.0 Å². The van der Waals surface area contributed by atoms with Crippen molar-refractivity contribution in [1.82, 2.24) is 34.6 Å². The summed E-state index contributed by atoms with van der Waals surface area (Å²) < 4.78 is 1.69. The van der Waals surface area contributed by atoms with Gasteiger partial charge in [-0.3, -0.25) is 14.5 Å². The number of aliphatic hydroxyl groups is 1. The van der Waals surface area contributed by atoms with Gasteiger partial charge in [0.15, 0.2) is 5.60 Å². The summed E-state index contributed by atoms with van der Waals surface area (Å²) in [5, 5.41) is 20.8. The summed E-state index contributed by atoms with van der Waals surface area (Å²) in [7, 11) is 3.52. The predicted octanol–water partition coefficient (Wildman–Crippen LogP) is 2.19. The molecule has 4 aromatic rings. The van der Waals surface area contributed by atoms with Crippen molar-refractivity contribution in [1.29, 1.82) is 0 Å². The van der Waals surface area contributed by atoms with Gasteiger partial charge in [0.2, 0.25) is 5.95 Å². The number of nitrogens with one attached hydrogen (secondary N) is 1. The second-order valence-electron chi connectivity index (χ2n) is 7.63. The average molecular weight is 449 g/mol. The summed E-state index contributed by atoms with van der Waals surface area (Å²) in [4.78, 5) is 31.7. The highest BCUT2D eigenvalue weighted by atomic mass is 32.1. The zero-order chi connectivity index (χ0) is 22.3. The molecule has 0 unspecified atom stereocenters. The van der Waals surface area contributed by atoms with E-state index in [2.05, 4.69) is 25.4 Å². The number of carbonyl (C=O) groups excluding carboxylic acids is 1. The Balaban J connectivity index is 1.41. The molecule has 4 aromatic heterocycles. The first kappa shape index (κ1) is 20.2. The predicted molar refractivity (Wildman–Crippen MR) is 119 cm³/mol. The third kappa shape index (κ3) is 3.61. The van der Waals surface area contributed by atoms with Gasteiger partial charge in [-0.05, 0) is 12.1 Å². The van der Waals surface area contributed by atoms with E-state index >= 15 is 0 Å². The highest BCUT2D eigenvalue weighted by molar-refractivity contribution is 7.13. The maximum atomic E-state index is 12.4. The van der Waals surface area contributed by atoms with Crippen LogP contribution in [0.15, 0.2) is 48.5 Å². The summed E-state index contributed by atoms with van der Waals surface area (Å²) in [5.74, 6) is 0.132. The summed E-state index contributed by atoms with van der Waals surface area (Å²) in [5.41, 5.74) is 1.82. The quantitative estimate of drug-likeness (QED) is 0.476. The number of carbonyl (C=O) groups is 1. The number of likely N-dealkylation sites (N-methyl/N-ethyl adjacent to an activating group) is 1. The molecule has 1 saturated heterocycles. The number of anilines is 2. The molecule has 1 aliphatic rings. The normalized spacial score (nSPS) is 18.3. The van der Waals surface area contributed by atoms with Crippen LogP contribution in [0.3, 0.4) is 0 Å². The molecule has 1 amide bonds. The smallest absolute Gasteiger partial charge is 0.259 e. The largest absolute Gasteiger partial charge is 0.375 e. The molecule has 2 N–H and O–H groups in total. The fourth-order valence-corrected chi connectivity index (χ4v) is 4.40. The first-order chi connectivity index (χ1) is 15.4. The zero-order valence-corrected chi connectivity index (χ0v) is 18.2. The third-order valence-corrected chi connectivity index (χ3v) is 6.23. The lowest BCUT2D eigenvalue weighted by Crippen LogP contribution is -2.36. The molecule has 1 aliphatic heterocycles. The molecular weight excluding hydrogens is 428 g/mol. The average Bonchev–Trinajstić information content (AvgIpc) is 3.52. The first-order valence-electron chi connectivity index (χ1n) is 9.91. The van der Waals surface area contributed by atoms with E-state index in [4.69, 9.17) is 4.98 Å². The fourth-order valence-electron chi connectivity index (χ4n) is 3.60. The summed E-state index contributed by atoms with van der Waals surface area (Å²) in [6, 6.07) is 3.57. The van der Waals surface area contributed by atoms with Gasteiger partial charge in [-0.25, -0.2) is 15.0 Å². The zero-order valence-electron chi connectivity index (χ0n) is 17.4. The van der Waals surface area contributed by atoms with Crippen LogP contribution in [0.1, 0.15) is 12.0 Å². The van der Waals surface area contributed by atoms with Gasteiger partial charge in [0.1, 0.15) is 10.7 Å². The van der Waals surface area contributed by atoms with Crippen molar-refractivity contribution in [3.8, 4) is 22.0 Å². The number of hydrogen-bond acceptors (Lipinski definition) is 9. The Bertz CT molecular complexity index is 1300. The highest BCUT2D eigenvalue weighted by Gasteiger charge is 2.45.